The van der Waals surface area contributed by atoms with E-state index in [2.05, 4.69) is 111 Å². The van der Waals surface area contributed by atoms with Crippen LogP contribution in [0.5, 0.6) is 0 Å². The zero-order valence-corrected chi connectivity index (χ0v) is 30.5. The molecule has 0 aliphatic rings. The molecule has 0 aliphatic carbocycles. The van der Waals surface area contributed by atoms with E-state index in [9.17, 15) is 14.7 Å². The van der Waals surface area contributed by atoms with Gasteiger partial charge in [0.05, 0.1) is 6.61 Å². The SMILES string of the molecule is CCC=CCC=CCC=CCC=CCCCCCCC(=O)O[C@@H](CO)COC(=O)CCCC=CCC=CCC=CCC=CCCCCC. The van der Waals surface area contributed by atoms with Crippen molar-refractivity contribution < 1.29 is 24.2 Å². The van der Waals surface area contributed by atoms with Gasteiger partial charge < -0.3 is 14.6 Å². The first-order valence-electron chi connectivity index (χ1n) is 18.8. The second-order valence-electron chi connectivity index (χ2n) is 11.9. The van der Waals surface area contributed by atoms with Crippen molar-refractivity contribution in [3.8, 4) is 0 Å². The van der Waals surface area contributed by atoms with Gasteiger partial charge >= 0.3 is 11.9 Å². The first-order valence-corrected chi connectivity index (χ1v) is 18.8. The zero-order valence-electron chi connectivity index (χ0n) is 30.5. The molecule has 0 aromatic heterocycles. The summed E-state index contributed by atoms with van der Waals surface area (Å²) in [6.07, 6.45) is 53.2. The Morgan fingerprint density at radius 2 is 0.917 bits per heavy atom. The number of ether oxygens (including phenoxy) is 2. The Morgan fingerprint density at radius 3 is 1.40 bits per heavy atom. The van der Waals surface area contributed by atoms with E-state index >= 15 is 0 Å². The van der Waals surface area contributed by atoms with Gasteiger partial charge in [-0.3, -0.25) is 9.59 Å². The molecule has 0 radical (unpaired) electrons. The lowest BCUT2D eigenvalue weighted by atomic mass is 10.1. The van der Waals surface area contributed by atoms with E-state index in [1.54, 1.807) is 0 Å². The Morgan fingerprint density at radius 1 is 0.500 bits per heavy atom. The van der Waals surface area contributed by atoms with Crippen molar-refractivity contribution in [1.29, 1.82) is 0 Å². The molecule has 0 aliphatic heterocycles. The molecule has 0 amide bonds. The molecule has 5 heteroatoms. The highest BCUT2D eigenvalue weighted by Gasteiger charge is 2.15. The van der Waals surface area contributed by atoms with Crippen molar-refractivity contribution in [2.45, 2.75) is 148 Å². The minimum Gasteiger partial charge on any atom is -0.462 e. The van der Waals surface area contributed by atoms with Gasteiger partial charge in [-0.25, -0.2) is 0 Å². The standard InChI is InChI=1S/C43H68O5/c1-3-5-7-9-11-13-15-17-19-21-23-25-27-29-31-33-35-37-42(45)47-40-41(39-44)48-43(46)38-36-34-32-30-28-26-24-22-20-18-16-14-12-10-8-6-4-2/h6,8,11-14,17-20,23-26,29,31,41,44H,3-5,7,9-10,15-16,21-22,27-28,30,32-40H2,1-2H3/t41-/m0/s1. The van der Waals surface area contributed by atoms with Gasteiger partial charge in [0.25, 0.3) is 0 Å². The van der Waals surface area contributed by atoms with Crippen LogP contribution in [0.3, 0.4) is 0 Å². The fourth-order valence-electron chi connectivity index (χ4n) is 4.53. The molecule has 0 saturated carbocycles. The lowest BCUT2D eigenvalue weighted by Gasteiger charge is -2.15. The van der Waals surface area contributed by atoms with Crippen LogP contribution in [0.2, 0.25) is 0 Å². The summed E-state index contributed by atoms with van der Waals surface area (Å²) in [6, 6.07) is 0. The summed E-state index contributed by atoms with van der Waals surface area (Å²) in [5.41, 5.74) is 0. The lowest BCUT2D eigenvalue weighted by molar-refractivity contribution is -0.161. The Balaban J connectivity index is 3.76. The van der Waals surface area contributed by atoms with Crippen molar-refractivity contribution in [2.75, 3.05) is 13.2 Å². The number of hydrogen-bond donors (Lipinski definition) is 1. The number of esters is 2. The highest BCUT2D eigenvalue weighted by Crippen LogP contribution is 2.09. The molecule has 1 atom stereocenters. The Bertz CT molecular complexity index is 979. The van der Waals surface area contributed by atoms with E-state index in [1.807, 2.05) is 0 Å². The predicted molar refractivity (Wildman–Crippen MR) is 205 cm³/mol. The van der Waals surface area contributed by atoms with E-state index in [0.29, 0.717) is 19.3 Å². The number of hydrogen-bond acceptors (Lipinski definition) is 5. The molecule has 270 valence electrons. The summed E-state index contributed by atoms with van der Waals surface area (Å²) < 4.78 is 10.5. The molecular weight excluding hydrogens is 596 g/mol. The van der Waals surface area contributed by atoms with Crippen molar-refractivity contribution in [1.82, 2.24) is 0 Å². The quantitative estimate of drug-likeness (QED) is 0.0440. The average molecular weight is 665 g/mol. The molecular formula is C43H68O5. The van der Waals surface area contributed by atoms with Crippen LogP contribution >= 0.6 is 0 Å². The van der Waals surface area contributed by atoms with Crippen molar-refractivity contribution in [3.63, 3.8) is 0 Å². The van der Waals surface area contributed by atoms with Crippen molar-refractivity contribution >= 4 is 11.9 Å². The van der Waals surface area contributed by atoms with Gasteiger partial charge in [0, 0.05) is 12.8 Å². The molecule has 0 spiro atoms. The molecule has 5 nitrogen and oxygen atoms in total. The van der Waals surface area contributed by atoms with Crippen LogP contribution in [-0.2, 0) is 19.1 Å². The van der Waals surface area contributed by atoms with Crippen LogP contribution < -0.4 is 0 Å². The summed E-state index contributed by atoms with van der Waals surface area (Å²) in [5, 5.41) is 9.54. The maximum Gasteiger partial charge on any atom is 0.306 e. The molecule has 0 rings (SSSR count). The van der Waals surface area contributed by atoms with Gasteiger partial charge in [0.1, 0.15) is 6.61 Å². The minimum atomic E-state index is -0.812. The molecule has 0 heterocycles. The summed E-state index contributed by atoms with van der Waals surface area (Å²) in [5.74, 6) is -0.696. The number of aliphatic hydroxyl groups excluding tert-OH is 1. The number of carbonyl (C=O) groups excluding carboxylic acids is 2. The van der Waals surface area contributed by atoms with E-state index in [0.717, 1.165) is 83.5 Å². The first kappa shape index (κ1) is 44.8. The monoisotopic (exact) mass is 665 g/mol. The number of carbonyl (C=O) groups is 2. The predicted octanol–water partition coefficient (Wildman–Crippen LogP) is 11.7. The maximum absolute atomic E-state index is 12.1. The molecule has 0 fully saturated rings. The highest BCUT2D eigenvalue weighted by atomic mass is 16.6. The number of aliphatic hydroxyl groups is 1. The van der Waals surface area contributed by atoms with Gasteiger partial charge in [0.15, 0.2) is 6.10 Å². The summed E-state index contributed by atoms with van der Waals surface area (Å²) >= 11 is 0. The third-order valence-electron chi connectivity index (χ3n) is 7.36. The fourth-order valence-corrected chi connectivity index (χ4v) is 4.53. The van der Waals surface area contributed by atoms with Crippen LogP contribution in [0.25, 0.3) is 0 Å². The normalized spacial score (nSPS) is 13.3. The van der Waals surface area contributed by atoms with E-state index in [4.69, 9.17) is 9.47 Å². The third-order valence-corrected chi connectivity index (χ3v) is 7.36. The van der Waals surface area contributed by atoms with Crippen LogP contribution in [0.4, 0.5) is 0 Å². The van der Waals surface area contributed by atoms with Crippen molar-refractivity contribution in [2.24, 2.45) is 0 Å². The average Bonchev–Trinajstić information content (AvgIpc) is 3.09. The smallest absolute Gasteiger partial charge is 0.306 e. The van der Waals surface area contributed by atoms with Crippen LogP contribution in [0.15, 0.2) is 97.2 Å². The summed E-state index contributed by atoms with van der Waals surface area (Å²) in [7, 11) is 0. The second kappa shape index (κ2) is 38.3. The van der Waals surface area contributed by atoms with Gasteiger partial charge in [-0.15, -0.1) is 0 Å². The number of allylic oxidation sites excluding steroid dienone is 16. The van der Waals surface area contributed by atoms with Crippen LogP contribution in [-0.4, -0.2) is 36.4 Å². The topological polar surface area (TPSA) is 72.8 Å². The summed E-state index contributed by atoms with van der Waals surface area (Å²) in [6.45, 7) is 3.90. The Kier molecular flexibility index (Phi) is 35.7. The highest BCUT2D eigenvalue weighted by molar-refractivity contribution is 5.70. The van der Waals surface area contributed by atoms with Crippen LogP contribution in [0, 0.1) is 0 Å². The minimum absolute atomic E-state index is 0.111. The second-order valence-corrected chi connectivity index (χ2v) is 11.9. The van der Waals surface area contributed by atoms with Gasteiger partial charge in [0.2, 0.25) is 0 Å². The molecule has 0 aromatic carbocycles. The molecule has 0 aromatic rings. The van der Waals surface area contributed by atoms with E-state index < -0.39 is 6.10 Å². The molecule has 1 N–H and O–H groups in total. The van der Waals surface area contributed by atoms with Crippen molar-refractivity contribution in [3.05, 3.63) is 97.2 Å². The molecule has 0 unspecified atom stereocenters. The Labute approximate surface area is 294 Å². The zero-order chi connectivity index (χ0) is 35.0. The third kappa shape index (κ3) is 35.7. The number of unbranched alkanes of at least 4 members (excludes halogenated alkanes) is 8. The molecule has 48 heavy (non-hydrogen) atoms. The van der Waals surface area contributed by atoms with E-state index in [-0.39, 0.29) is 25.2 Å². The maximum atomic E-state index is 12.1. The number of rotatable bonds is 32. The Hall–Kier alpha value is -3.18. The van der Waals surface area contributed by atoms with Gasteiger partial charge in [-0.2, -0.15) is 0 Å². The summed E-state index contributed by atoms with van der Waals surface area (Å²) in [4.78, 5) is 24.2. The largest absolute Gasteiger partial charge is 0.462 e. The fraction of sp³-hybridized carbons (Fsp3) is 0.581. The lowest BCUT2D eigenvalue weighted by Crippen LogP contribution is -2.28. The molecule has 0 saturated heterocycles. The van der Waals surface area contributed by atoms with Crippen LogP contribution in [0.1, 0.15) is 142 Å². The first-order chi connectivity index (χ1) is 23.6. The van der Waals surface area contributed by atoms with Gasteiger partial charge in [-0.05, 0) is 89.9 Å². The van der Waals surface area contributed by atoms with Gasteiger partial charge in [-0.1, -0.05) is 137 Å². The molecule has 0 bridgehead atoms. The van der Waals surface area contributed by atoms with E-state index in [1.165, 1.54) is 25.7 Å².